The van der Waals surface area contributed by atoms with Crippen molar-refractivity contribution in [3.63, 3.8) is 0 Å². The van der Waals surface area contributed by atoms with Crippen LogP contribution in [-0.4, -0.2) is 32.5 Å². The normalized spacial score (nSPS) is 11.2. The lowest BCUT2D eigenvalue weighted by atomic mass is 10.1. The molecule has 24 heavy (non-hydrogen) atoms. The first kappa shape index (κ1) is 18.6. The first-order valence-corrected chi connectivity index (χ1v) is 9.59. The van der Waals surface area contributed by atoms with Crippen molar-refractivity contribution < 1.29 is 13.2 Å². The van der Waals surface area contributed by atoms with E-state index in [1.54, 1.807) is 43.4 Å². The molecule has 0 saturated carbocycles. The lowest BCUT2D eigenvalue weighted by Gasteiger charge is -2.20. The van der Waals surface area contributed by atoms with Crippen LogP contribution in [0.15, 0.2) is 42.5 Å². The maximum absolute atomic E-state index is 12.7. The summed E-state index contributed by atoms with van der Waals surface area (Å²) in [4.78, 5) is 14.1. The molecular formula is C16H16Cl2N2O3S. The largest absolute Gasteiger partial charge is 0.337 e. The second-order valence-corrected chi connectivity index (χ2v) is 7.83. The van der Waals surface area contributed by atoms with E-state index in [9.17, 15) is 13.2 Å². The molecule has 1 amide bonds. The summed E-state index contributed by atoms with van der Waals surface area (Å²) >= 11 is 12.1. The minimum absolute atomic E-state index is 0.231. The van der Waals surface area contributed by atoms with Gasteiger partial charge >= 0.3 is 0 Å². The number of nitrogens with zero attached hydrogens (tertiary/aromatic N) is 1. The maximum atomic E-state index is 12.7. The van der Waals surface area contributed by atoms with Crippen LogP contribution in [0.4, 0.5) is 5.69 Å². The minimum Gasteiger partial charge on any atom is -0.337 e. The molecular weight excluding hydrogens is 371 g/mol. The van der Waals surface area contributed by atoms with Crippen molar-refractivity contribution in [2.45, 2.75) is 6.54 Å². The van der Waals surface area contributed by atoms with Crippen molar-refractivity contribution >= 4 is 44.8 Å². The SMILES string of the molecule is CN(Cc1cccc(Cl)c1Cl)C(=O)c1ccccc1NS(C)(=O)=O. The lowest BCUT2D eigenvalue weighted by molar-refractivity contribution is 0.0786. The summed E-state index contributed by atoms with van der Waals surface area (Å²) in [5.41, 5.74) is 1.19. The van der Waals surface area contributed by atoms with E-state index in [1.807, 2.05) is 0 Å². The number of amides is 1. The predicted octanol–water partition coefficient (Wildman–Crippen LogP) is 3.64. The molecule has 0 bridgehead atoms. The van der Waals surface area contributed by atoms with Gasteiger partial charge in [-0.15, -0.1) is 0 Å². The summed E-state index contributed by atoms with van der Waals surface area (Å²) in [7, 11) is -1.88. The van der Waals surface area contributed by atoms with Crippen LogP contribution in [0.2, 0.25) is 10.0 Å². The number of hydrogen-bond donors (Lipinski definition) is 1. The third kappa shape index (κ3) is 4.63. The number of rotatable bonds is 5. The van der Waals surface area contributed by atoms with Gasteiger partial charge in [-0.25, -0.2) is 8.42 Å². The molecule has 2 aromatic rings. The molecule has 0 atom stereocenters. The van der Waals surface area contributed by atoms with Gasteiger partial charge in [-0.1, -0.05) is 47.5 Å². The molecule has 0 aliphatic rings. The highest BCUT2D eigenvalue weighted by molar-refractivity contribution is 7.92. The molecule has 8 heteroatoms. The molecule has 0 aliphatic carbocycles. The van der Waals surface area contributed by atoms with Crippen molar-refractivity contribution in [1.29, 1.82) is 0 Å². The quantitative estimate of drug-likeness (QED) is 0.852. The van der Waals surface area contributed by atoms with Crippen molar-refractivity contribution in [2.75, 3.05) is 18.0 Å². The fourth-order valence-corrected chi connectivity index (χ4v) is 3.12. The van der Waals surface area contributed by atoms with Gasteiger partial charge in [-0.3, -0.25) is 9.52 Å². The zero-order valence-electron chi connectivity index (χ0n) is 13.1. The van der Waals surface area contributed by atoms with Crippen LogP contribution < -0.4 is 4.72 Å². The van der Waals surface area contributed by atoms with Crippen molar-refractivity contribution in [3.8, 4) is 0 Å². The molecule has 0 unspecified atom stereocenters. The third-order valence-corrected chi connectivity index (χ3v) is 4.69. The minimum atomic E-state index is -3.49. The Morgan fingerprint density at radius 3 is 2.46 bits per heavy atom. The summed E-state index contributed by atoms with van der Waals surface area (Å²) in [6.45, 7) is 0.242. The number of nitrogens with one attached hydrogen (secondary N) is 1. The fraction of sp³-hybridized carbons (Fsp3) is 0.188. The van der Waals surface area contributed by atoms with E-state index in [0.29, 0.717) is 15.6 Å². The van der Waals surface area contributed by atoms with Crippen LogP contribution in [0, 0.1) is 0 Å². The number of carbonyl (C=O) groups is 1. The second kappa shape index (κ2) is 7.42. The van der Waals surface area contributed by atoms with E-state index in [2.05, 4.69) is 4.72 Å². The molecule has 1 N–H and O–H groups in total. The monoisotopic (exact) mass is 386 g/mol. The van der Waals surface area contributed by atoms with Crippen molar-refractivity contribution in [3.05, 3.63) is 63.6 Å². The van der Waals surface area contributed by atoms with Crippen molar-refractivity contribution in [1.82, 2.24) is 4.90 Å². The van der Waals surface area contributed by atoms with Gasteiger partial charge in [0.25, 0.3) is 5.91 Å². The molecule has 128 valence electrons. The lowest BCUT2D eigenvalue weighted by Crippen LogP contribution is -2.27. The Bertz CT molecular complexity index is 869. The summed E-state index contributed by atoms with van der Waals surface area (Å²) in [6, 6.07) is 11.6. The molecule has 0 radical (unpaired) electrons. The van der Waals surface area contributed by atoms with Gasteiger partial charge in [0.15, 0.2) is 0 Å². The van der Waals surface area contributed by atoms with Crippen LogP contribution in [0.25, 0.3) is 0 Å². The average molecular weight is 387 g/mol. The van der Waals surface area contributed by atoms with Gasteiger partial charge in [0, 0.05) is 13.6 Å². The first-order valence-electron chi connectivity index (χ1n) is 6.94. The molecule has 0 heterocycles. The Hall–Kier alpha value is -1.76. The van der Waals surface area contributed by atoms with Crippen molar-refractivity contribution in [2.24, 2.45) is 0 Å². The van der Waals surface area contributed by atoms with Gasteiger partial charge in [-0.2, -0.15) is 0 Å². The molecule has 2 aromatic carbocycles. The standard InChI is InChI=1S/C16H16Cl2N2O3S/c1-20(10-11-6-5-8-13(17)15(11)18)16(21)12-7-3-4-9-14(12)19-24(2,22)23/h3-9,19H,10H2,1-2H3. The Kier molecular flexibility index (Phi) is 5.74. The highest BCUT2D eigenvalue weighted by Gasteiger charge is 2.18. The van der Waals surface area contributed by atoms with Crippen LogP contribution in [0.1, 0.15) is 15.9 Å². The summed E-state index contributed by atoms with van der Waals surface area (Å²) in [5.74, 6) is -0.335. The highest BCUT2D eigenvalue weighted by Crippen LogP contribution is 2.27. The van der Waals surface area contributed by atoms with Gasteiger partial charge in [0.05, 0.1) is 27.6 Å². The summed E-state index contributed by atoms with van der Waals surface area (Å²) in [5, 5.41) is 0.801. The molecule has 0 spiro atoms. The Morgan fingerprint density at radius 2 is 1.79 bits per heavy atom. The van der Waals surface area contributed by atoms with E-state index in [1.165, 1.54) is 11.0 Å². The van der Waals surface area contributed by atoms with E-state index < -0.39 is 10.0 Å². The molecule has 0 saturated heterocycles. The number of para-hydroxylation sites is 1. The van der Waals surface area contributed by atoms with Crippen LogP contribution in [-0.2, 0) is 16.6 Å². The number of carbonyl (C=O) groups excluding carboxylic acids is 1. The maximum Gasteiger partial charge on any atom is 0.256 e. The predicted molar refractivity (Wildman–Crippen MR) is 97.2 cm³/mol. The van der Waals surface area contributed by atoms with E-state index in [-0.39, 0.29) is 23.7 Å². The Morgan fingerprint density at radius 1 is 1.12 bits per heavy atom. The topological polar surface area (TPSA) is 66.5 Å². The zero-order valence-corrected chi connectivity index (χ0v) is 15.4. The second-order valence-electron chi connectivity index (χ2n) is 5.29. The Labute approximate surface area is 151 Å². The van der Waals surface area contributed by atoms with E-state index >= 15 is 0 Å². The molecule has 0 aliphatic heterocycles. The number of anilines is 1. The van der Waals surface area contributed by atoms with Crippen LogP contribution in [0.5, 0.6) is 0 Å². The summed E-state index contributed by atoms with van der Waals surface area (Å²) < 4.78 is 25.2. The van der Waals surface area contributed by atoms with Gasteiger partial charge in [0.2, 0.25) is 10.0 Å². The highest BCUT2D eigenvalue weighted by atomic mass is 35.5. The number of benzene rings is 2. The van der Waals surface area contributed by atoms with Gasteiger partial charge < -0.3 is 4.90 Å². The average Bonchev–Trinajstić information content (AvgIpc) is 2.50. The molecule has 5 nitrogen and oxygen atoms in total. The zero-order chi connectivity index (χ0) is 17.9. The number of hydrogen-bond acceptors (Lipinski definition) is 3. The first-order chi connectivity index (χ1) is 11.2. The van der Waals surface area contributed by atoms with E-state index in [0.717, 1.165) is 6.26 Å². The molecule has 0 aromatic heterocycles. The smallest absolute Gasteiger partial charge is 0.256 e. The molecule has 0 fully saturated rings. The van der Waals surface area contributed by atoms with Crippen LogP contribution >= 0.6 is 23.2 Å². The van der Waals surface area contributed by atoms with Gasteiger partial charge in [0.1, 0.15) is 0 Å². The summed E-state index contributed by atoms with van der Waals surface area (Å²) in [6.07, 6.45) is 1.03. The third-order valence-electron chi connectivity index (χ3n) is 3.24. The fourth-order valence-electron chi connectivity index (χ4n) is 2.16. The van der Waals surface area contributed by atoms with Crippen LogP contribution in [0.3, 0.4) is 0 Å². The number of sulfonamides is 1. The Balaban J connectivity index is 2.27. The van der Waals surface area contributed by atoms with Gasteiger partial charge in [-0.05, 0) is 23.8 Å². The van der Waals surface area contributed by atoms with E-state index in [4.69, 9.17) is 23.2 Å². The molecule has 2 rings (SSSR count). The number of halogens is 2.